The molecule has 1 aliphatic heterocycles. The molecule has 1 unspecified atom stereocenters. The molecule has 0 bridgehead atoms. The van der Waals surface area contributed by atoms with Crippen molar-refractivity contribution in [1.82, 2.24) is 4.90 Å². The van der Waals surface area contributed by atoms with Crippen LogP contribution in [0.25, 0.3) is 0 Å². The molecule has 0 saturated carbocycles. The molecule has 1 heterocycles. The zero-order chi connectivity index (χ0) is 13.7. The first-order valence-corrected chi connectivity index (χ1v) is 6.97. The molecule has 0 amide bonds. The largest absolute Gasteiger partial charge is 0.496 e. The van der Waals surface area contributed by atoms with Gasteiger partial charge < -0.3 is 10.5 Å². The fourth-order valence-corrected chi connectivity index (χ4v) is 2.86. The Hall–Kier alpha value is -1.13. The number of methoxy groups -OCH3 is 1. The topological polar surface area (TPSA) is 38.5 Å². The van der Waals surface area contributed by atoms with Gasteiger partial charge in [0.15, 0.2) is 0 Å². The highest BCUT2D eigenvalue weighted by Gasteiger charge is 2.20. The predicted molar refractivity (Wildman–Crippen MR) is 74.6 cm³/mol. The summed E-state index contributed by atoms with van der Waals surface area (Å²) in [6.07, 6.45) is 3.58. The standard InChI is InChI=1S/C15H23FN2O/c1-19-15-9-14(16)5-4-13(15)11-18-8-2-3-12(10-18)6-7-17/h4-5,9,12H,2-3,6-8,10-11,17H2,1H3. The predicted octanol–water partition coefficient (Wildman–Crippen LogP) is 2.40. The Labute approximate surface area is 114 Å². The van der Waals surface area contributed by atoms with Gasteiger partial charge in [0.2, 0.25) is 0 Å². The molecule has 0 spiro atoms. The second-order valence-corrected chi connectivity index (χ2v) is 5.28. The molecule has 106 valence electrons. The number of halogens is 1. The molecule has 1 aromatic carbocycles. The van der Waals surface area contributed by atoms with Gasteiger partial charge in [0.25, 0.3) is 0 Å². The third-order valence-corrected chi connectivity index (χ3v) is 3.82. The van der Waals surface area contributed by atoms with Crippen LogP contribution in [-0.2, 0) is 6.54 Å². The smallest absolute Gasteiger partial charge is 0.126 e. The highest BCUT2D eigenvalue weighted by molar-refractivity contribution is 5.33. The number of hydrogen-bond acceptors (Lipinski definition) is 3. The Morgan fingerprint density at radius 1 is 1.47 bits per heavy atom. The van der Waals surface area contributed by atoms with E-state index >= 15 is 0 Å². The molecule has 0 radical (unpaired) electrons. The molecule has 2 N–H and O–H groups in total. The Bertz CT molecular complexity index is 409. The van der Waals surface area contributed by atoms with Gasteiger partial charge in [-0.05, 0) is 44.3 Å². The number of likely N-dealkylation sites (tertiary alicyclic amines) is 1. The van der Waals surface area contributed by atoms with Crippen molar-refractivity contribution in [2.45, 2.75) is 25.8 Å². The lowest BCUT2D eigenvalue weighted by atomic mass is 9.94. The van der Waals surface area contributed by atoms with Crippen molar-refractivity contribution in [2.75, 3.05) is 26.7 Å². The average Bonchev–Trinajstić information content (AvgIpc) is 2.41. The highest BCUT2D eigenvalue weighted by atomic mass is 19.1. The van der Waals surface area contributed by atoms with Gasteiger partial charge >= 0.3 is 0 Å². The first-order chi connectivity index (χ1) is 9.22. The lowest BCUT2D eigenvalue weighted by Crippen LogP contribution is -2.35. The quantitative estimate of drug-likeness (QED) is 0.889. The average molecular weight is 266 g/mol. The first-order valence-electron chi connectivity index (χ1n) is 6.97. The molecule has 3 nitrogen and oxygen atoms in total. The van der Waals surface area contributed by atoms with E-state index in [0.29, 0.717) is 11.7 Å². The van der Waals surface area contributed by atoms with E-state index in [1.165, 1.54) is 25.0 Å². The van der Waals surface area contributed by atoms with Crippen LogP contribution >= 0.6 is 0 Å². The number of piperidine rings is 1. The summed E-state index contributed by atoms with van der Waals surface area (Å²) in [6, 6.07) is 4.77. The van der Waals surface area contributed by atoms with Gasteiger partial charge in [-0.1, -0.05) is 6.07 Å². The minimum absolute atomic E-state index is 0.250. The van der Waals surface area contributed by atoms with E-state index < -0.39 is 0 Å². The molecule has 1 fully saturated rings. The van der Waals surface area contributed by atoms with Gasteiger partial charge in [-0.2, -0.15) is 0 Å². The molecule has 2 rings (SSSR count). The summed E-state index contributed by atoms with van der Waals surface area (Å²) in [7, 11) is 1.59. The summed E-state index contributed by atoms with van der Waals surface area (Å²) in [6.45, 7) is 3.77. The molecule has 1 saturated heterocycles. The van der Waals surface area contributed by atoms with Crippen LogP contribution in [0.2, 0.25) is 0 Å². The van der Waals surface area contributed by atoms with Crippen LogP contribution in [0.3, 0.4) is 0 Å². The maximum Gasteiger partial charge on any atom is 0.126 e. The van der Waals surface area contributed by atoms with Gasteiger partial charge in [0.1, 0.15) is 11.6 Å². The summed E-state index contributed by atoms with van der Waals surface area (Å²) in [4.78, 5) is 2.42. The minimum atomic E-state index is -0.250. The van der Waals surface area contributed by atoms with Crippen molar-refractivity contribution in [3.05, 3.63) is 29.6 Å². The second-order valence-electron chi connectivity index (χ2n) is 5.28. The zero-order valence-electron chi connectivity index (χ0n) is 11.6. The Kier molecular flexibility index (Phi) is 5.16. The van der Waals surface area contributed by atoms with Crippen LogP contribution in [0.15, 0.2) is 18.2 Å². The maximum absolute atomic E-state index is 13.2. The van der Waals surface area contributed by atoms with Gasteiger partial charge in [0, 0.05) is 24.7 Å². The molecular formula is C15H23FN2O. The van der Waals surface area contributed by atoms with Crippen LogP contribution in [-0.4, -0.2) is 31.6 Å². The summed E-state index contributed by atoms with van der Waals surface area (Å²) in [5.74, 6) is 1.09. The third kappa shape index (κ3) is 3.91. The van der Waals surface area contributed by atoms with E-state index in [1.54, 1.807) is 7.11 Å². The molecule has 1 aromatic rings. The normalized spacial score (nSPS) is 20.5. The van der Waals surface area contributed by atoms with E-state index in [0.717, 1.165) is 38.2 Å². The second kappa shape index (κ2) is 6.87. The third-order valence-electron chi connectivity index (χ3n) is 3.82. The Morgan fingerprint density at radius 3 is 3.05 bits per heavy atom. The van der Waals surface area contributed by atoms with E-state index in [2.05, 4.69) is 4.90 Å². The number of benzene rings is 1. The van der Waals surface area contributed by atoms with Gasteiger partial charge in [-0.15, -0.1) is 0 Å². The summed E-state index contributed by atoms with van der Waals surface area (Å²) in [5, 5.41) is 0. The maximum atomic E-state index is 13.2. The Balaban J connectivity index is 2.00. The molecule has 0 aromatic heterocycles. The fourth-order valence-electron chi connectivity index (χ4n) is 2.86. The van der Waals surface area contributed by atoms with Crippen LogP contribution in [0.1, 0.15) is 24.8 Å². The lowest BCUT2D eigenvalue weighted by Gasteiger charge is -2.32. The summed E-state index contributed by atoms with van der Waals surface area (Å²) in [5.41, 5.74) is 6.69. The van der Waals surface area contributed by atoms with Crippen molar-refractivity contribution >= 4 is 0 Å². The number of nitrogens with zero attached hydrogens (tertiary/aromatic N) is 1. The van der Waals surface area contributed by atoms with Gasteiger partial charge in [0.05, 0.1) is 7.11 Å². The van der Waals surface area contributed by atoms with Gasteiger partial charge in [-0.25, -0.2) is 4.39 Å². The minimum Gasteiger partial charge on any atom is -0.496 e. The molecule has 19 heavy (non-hydrogen) atoms. The van der Waals surface area contributed by atoms with E-state index in [-0.39, 0.29) is 5.82 Å². The van der Waals surface area contributed by atoms with Crippen molar-refractivity contribution in [3.8, 4) is 5.75 Å². The fraction of sp³-hybridized carbons (Fsp3) is 0.600. The number of hydrogen-bond donors (Lipinski definition) is 1. The van der Waals surface area contributed by atoms with Crippen LogP contribution in [0, 0.1) is 11.7 Å². The summed E-state index contributed by atoms with van der Waals surface area (Å²) >= 11 is 0. The molecule has 1 atom stereocenters. The van der Waals surface area contributed by atoms with Gasteiger partial charge in [-0.3, -0.25) is 4.90 Å². The molecular weight excluding hydrogens is 243 g/mol. The number of ether oxygens (including phenoxy) is 1. The van der Waals surface area contributed by atoms with E-state index in [4.69, 9.17) is 10.5 Å². The van der Waals surface area contributed by atoms with Crippen LogP contribution < -0.4 is 10.5 Å². The van der Waals surface area contributed by atoms with E-state index in [9.17, 15) is 4.39 Å². The first kappa shape index (κ1) is 14.3. The number of rotatable bonds is 5. The molecule has 1 aliphatic rings. The number of nitrogens with two attached hydrogens (primary N) is 1. The monoisotopic (exact) mass is 266 g/mol. The molecule has 4 heteroatoms. The zero-order valence-corrected chi connectivity index (χ0v) is 11.6. The summed E-state index contributed by atoms with van der Waals surface area (Å²) < 4.78 is 18.4. The van der Waals surface area contributed by atoms with Crippen molar-refractivity contribution < 1.29 is 9.13 Å². The van der Waals surface area contributed by atoms with Crippen LogP contribution in [0.4, 0.5) is 4.39 Å². The van der Waals surface area contributed by atoms with E-state index in [1.807, 2.05) is 6.07 Å². The van der Waals surface area contributed by atoms with Crippen molar-refractivity contribution in [1.29, 1.82) is 0 Å². The highest BCUT2D eigenvalue weighted by Crippen LogP contribution is 2.25. The Morgan fingerprint density at radius 2 is 2.32 bits per heavy atom. The van der Waals surface area contributed by atoms with Crippen LogP contribution in [0.5, 0.6) is 5.75 Å². The van der Waals surface area contributed by atoms with Crippen molar-refractivity contribution in [3.63, 3.8) is 0 Å². The SMILES string of the molecule is COc1cc(F)ccc1CN1CCCC(CCN)C1. The van der Waals surface area contributed by atoms with Crippen molar-refractivity contribution in [2.24, 2.45) is 11.7 Å². The lowest BCUT2D eigenvalue weighted by molar-refractivity contribution is 0.161. The molecule has 0 aliphatic carbocycles.